The van der Waals surface area contributed by atoms with Crippen molar-refractivity contribution in [3.63, 3.8) is 0 Å². The molecule has 0 bridgehead atoms. The van der Waals surface area contributed by atoms with Gasteiger partial charge in [0.2, 0.25) is 0 Å². The van der Waals surface area contributed by atoms with Crippen molar-refractivity contribution in [3.8, 4) is 0 Å². The molecule has 1 saturated carbocycles. The van der Waals surface area contributed by atoms with Crippen LogP contribution in [-0.4, -0.2) is 33.8 Å². The van der Waals surface area contributed by atoms with Gasteiger partial charge in [-0.25, -0.2) is 4.99 Å². The number of hydrogen-bond acceptors (Lipinski definition) is 3. The highest BCUT2D eigenvalue weighted by Gasteiger charge is 2.13. The number of hydrogen-bond donors (Lipinski definition) is 2. The fourth-order valence-electron chi connectivity index (χ4n) is 3.01. The molecule has 1 aliphatic carbocycles. The molecule has 0 radical (unpaired) electrons. The first-order chi connectivity index (χ1) is 10.8. The van der Waals surface area contributed by atoms with Crippen LogP contribution in [0.2, 0.25) is 0 Å². The average molecular weight is 306 g/mol. The summed E-state index contributed by atoms with van der Waals surface area (Å²) in [5.41, 5.74) is 0. The van der Waals surface area contributed by atoms with Gasteiger partial charge in [-0.1, -0.05) is 38.5 Å². The van der Waals surface area contributed by atoms with Crippen molar-refractivity contribution in [1.29, 1.82) is 0 Å². The van der Waals surface area contributed by atoms with Crippen LogP contribution in [0.5, 0.6) is 0 Å². The molecule has 0 aromatic carbocycles. The predicted octanol–water partition coefficient (Wildman–Crippen LogP) is 2.23. The Morgan fingerprint density at radius 2 is 2.14 bits per heavy atom. The van der Waals surface area contributed by atoms with Crippen molar-refractivity contribution in [1.82, 2.24) is 25.4 Å². The SMILES string of the molecule is CCNC(=NCc1nncn1C)NCCCCC1CCCC1. The first-order valence-corrected chi connectivity index (χ1v) is 8.64. The molecule has 1 aliphatic rings. The zero-order valence-electron chi connectivity index (χ0n) is 14.0. The van der Waals surface area contributed by atoms with Crippen molar-refractivity contribution in [2.45, 2.75) is 58.4 Å². The molecule has 2 N–H and O–H groups in total. The monoisotopic (exact) mass is 306 g/mol. The van der Waals surface area contributed by atoms with E-state index in [1.165, 1.54) is 44.9 Å². The van der Waals surface area contributed by atoms with Crippen molar-refractivity contribution >= 4 is 5.96 Å². The molecule has 6 heteroatoms. The van der Waals surface area contributed by atoms with Crippen LogP contribution in [0, 0.1) is 5.92 Å². The summed E-state index contributed by atoms with van der Waals surface area (Å²) in [6, 6.07) is 0. The van der Waals surface area contributed by atoms with Gasteiger partial charge in [-0.05, 0) is 19.3 Å². The minimum atomic E-state index is 0.550. The van der Waals surface area contributed by atoms with Crippen molar-refractivity contribution in [3.05, 3.63) is 12.2 Å². The maximum atomic E-state index is 4.56. The molecule has 1 aromatic rings. The van der Waals surface area contributed by atoms with E-state index < -0.39 is 0 Å². The average Bonchev–Trinajstić information content (AvgIpc) is 3.16. The number of nitrogens with one attached hydrogen (secondary N) is 2. The molecule has 0 aliphatic heterocycles. The van der Waals surface area contributed by atoms with E-state index in [1.807, 2.05) is 11.6 Å². The normalized spacial score (nSPS) is 16.2. The van der Waals surface area contributed by atoms with Crippen LogP contribution in [-0.2, 0) is 13.6 Å². The molecule has 1 aromatic heterocycles. The minimum absolute atomic E-state index is 0.550. The summed E-state index contributed by atoms with van der Waals surface area (Å²) in [4.78, 5) is 4.56. The number of aromatic nitrogens is 3. The summed E-state index contributed by atoms with van der Waals surface area (Å²) in [5.74, 6) is 2.74. The van der Waals surface area contributed by atoms with Gasteiger partial charge in [0, 0.05) is 20.1 Å². The summed E-state index contributed by atoms with van der Waals surface area (Å²) in [6.45, 7) is 4.48. The minimum Gasteiger partial charge on any atom is -0.357 e. The Kier molecular flexibility index (Phi) is 7.19. The molecule has 0 atom stereocenters. The molecule has 2 rings (SSSR count). The van der Waals surface area contributed by atoms with E-state index in [4.69, 9.17) is 0 Å². The Bertz CT molecular complexity index is 447. The van der Waals surface area contributed by atoms with Crippen LogP contribution in [0.1, 0.15) is 57.7 Å². The summed E-state index contributed by atoms with van der Waals surface area (Å²) >= 11 is 0. The first-order valence-electron chi connectivity index (χ1n) is 8.64. The van der Waals surface area contributed by atoms with Crippen molar-refractivity contribution in [2.75, 3.05) is 13.1 Å². The lowest BCUT2D eigenvalue weighted by molar-refractivity contribution is 0.472. The Balaban J connectivity index is 1.65. The second-order valence-corrected chi connectivity index (χ2v) is 6.13. The molecular weight excluding hydrogens is 276 g/mol. The van der Waals surface area contributed by atoms with E-state index in [0.29, 0.717) is 6.54 Å². The van der Waals surface area contributed by atoms with Crippen LogP contribution in [0.15, 0.2) is 11.3 Å². The number of aryl methyl sites for hydroxylation is 1. The second kappa shape index (κ2) is 9.43. The lowest BCUT2D eigenvalue weighted by atomic mass is 10.0. The topological polar surface area (TPSA) is 67.1 Å². The van der Waals surface area contributed by atoms with Gasteiger partial charge in [0.1, 0.15) is 12.9 Å². The third-order valence-electron chi connectivity index (χ3n) is 4.33. The Morgan fingerprint density at radius 1 is 1.32 bits per heavy atom. The van der Waals surface area contributed by atoms with Gasteiger partial charge in [0.05, 0.1) is 0 Å². The number of unbranched alkanes of at least 4 members (excludes halogenated alkanes) is 1. The zero-order chi connectivity index (χ0) is 15.6. The highest BCUT2D eigenvalue weighted by Crippen LogP contribution is 2.28. The van der Waals surface area contributed by atoms with Gasteiger partial charge in [-0.3, -0.25) is 0 Å². The summed E-state index contributed by atoms with van der Waals surface area (Å²) < 4.78 is 1.90. The van der Waals surface area contributed by atoms with Gasteiger partial charge < -0.3 is 15.2 Å². The number of rotatable bonds is 8. The molecule has 22 heavy (non-hydrogen) atoms. The quantitative estimate of drug-likeness (QED) is 0.439. The number of aliphatic imine (C=N–C) groups is 1. The second-order valence-electron chi connectivity index (χ2n) is 6.13. The van der Waals surface area contributed by atoms with Crippen LogP contribution >= 0.6 is 0 Å². The van der Waals surface area contributed by atoms with E-state index in [1.54, 1.807) is 6.33 Å². The number of guanidine groups is 1. The van der Waals surface area contributed by atoms with Crippen LogP contribution < -0.4 is 10.6 Å². The van der Waals surface area contributed by atoms with Crippen molar-refractivity contribution in [2.24, 2.45) is 18.0 Å². The smallest absolute Gasteiger partial charge is 0.191 e. The van der Waals surface area contributed by atoms with Gasteiger partial charge in [-0.2, -0.15) is 0 Å². The maximum absolute atomic E-state index is 4.56. The van der Waals surface area contributed by atoms with Crippen LogP contribution in [0.4, 0.5) is 0 Å². The highest BCUT2D eigenvalue weighted by molar-refractivity contribution is 5.79. The van der Waals surface area contributed by atoms with Crippen LogP contribution in [0.3, 0.4) is 0 Å². The fraction of sp³-hybridized carbons (Fsp3) is 0.812. The molecule has 0 saturated heterocycles. The Hall–Kier alpha value is -1.59. The third kappa shape index (κ3) is 5.66. The summed E-state index contributed by atoms with van der Waals surface area (Å²) in [5, 5.41) is 14.6. The van der Waals surface area contributed by atoms with E-state index >= 15 is 0 Å². The van der Waals surface area contributed by atoms with Crippen LogP contribution in [0.25, 0.3) is 0 Å². The molecule has 6 nitrogen and oxygen atoms in total. The Morgan fingerprint density at radius 3 is 2.82 bits per heavy atom. The number of nitrogens with zero attached hydrogens (tertiary/aromatic N) is 4. The zero-order valence-corrected chi connectivity index (χ0v) is 14.0. The van der Waals surface area contributed by atoms with E-state index in [0.717, 1.165) is 30.8 Å². The van der Waals surface area contributed by atoms with E-state index in [2.05, 4.69) is 32.7 Å². The Labute approximate surface area is 133 Å². The predicted molar refractivity (Wildman–Crippen MR) is 89.6 cm³/mol. The van der Waals surface area contributed by atoms with Gasteiger partial charge >= 0.3 is 0 Å². The molecule has 0 spiro atoms. The largest absolute Gasteiger partial charge is 0.357 e. The third-order valence-corrected chi connectivity index (χ3v) is 4.33. The molecule has 1 fully saturated rings. The molecule has 124 valence electrons. The van der Waals surface area contributed by atoms with E-state index in [9.17, 15) is 0 Å². The summed E-state index contributed by atoms with van der Waals surface area (Å²) in [6.07, 6.45) is 11.4. The van der Waals surface area contributed by atoms with Gasteiger partial charge in [-0.15, -0.1) is 10.2 Å². The lowest BCUT2D eigenvalue weighted by Gasteiger charge is -2.12. The van der Waals surface area contributed by atoms with Gasteiger partial charge in [0.25, 0.3) is 0 Å². The van der Waals surface area contributed by atoms with Gasteiger partial charge in [0.15, 0.2) is 11.8 Å². The molecule has 0 unspecified atom stereocenters. The fourth-order valence-corrected chi connectivity index (χ4v) is 3.01. The van der Waals surface area contributed by atoms with Crippen molar-refractivity contribution < 1.29 is 0 Å². The highest BCUT2D eigenvalue weighted by atomic mass is 15.3. The maximum Gasteiger partial charge on any atom is 0.191 e. The first kappa shape index (κ1) is 16.8. The molecule has 0 amide bonds. The molecular formula is C16H30N6. The lowest BCUT2D eigenvalue weighted by Crippen LogP contribution is -2.37. The summed E-state index contributed by atoms with van der Waals surface area (Å²) in [7, 11) is 1.94. The standard InChI is InChI=1S/C16H30N6/c1-3-17-16(19-12-15-21-20-13-22(15)2)18-11-7-6-10-14-8-4-5-9-14/h13-14H,3-12H2,1-2H3,(H2,17,18,19). The molecule has 1 heterocycles. The van der Waals surface area contributed by atoms with E-state index in [-0.39, 0.29) is 0 Å².